The van der Waals surface area contributed by atoms with Gasteiger partial charge in [-0.1, -0.05) is 0 Å². The van der Waals surface area contributed by atoms with Crippen molar-refractivity contribution in [1.82, 2.24) is 0 Å². The molecule has 0 aliphatic carbocycles. The van der Waals surface area contributed by atoms with Crippen LogP contribution in [0, 0.1) is 17.5 Å². The summed E-state index contributed by atoms with van der Waals surface area (Å²) >= 11 is 0. The summed E-state index contributed by atoms with van der Waals surface area (Å²) in [6, 6.07) is 0.813. The minimum absolute atomic E-state index is 0.370. The van der Waals surface area contributed by atoms with Crippen LogP contribution in [-0.4, -0.2) is 0 Å². The zero-order valence-electron chi connectivity index (χ0n) is 4.62. The van der Waals surface area contributed by atoms with Gasteiger partial charge in [0.2, 0.25) is 17.2 Å². The predicted octanol–water partition coefficient (Wildman–Crippen LogP) is 2.29. The summed E-state index contributed by atoms with van der Waals surface area (Å²) in [6.07, 6.45) is 0. The molecule has 0 unspecified atom stereocenters. The minimum atomic E-state index is -1.24. The van der Waals surface area contributed by atoms with Crippen molar-refractivity contribution >= 4 is 11.2 Å². The lowest BCUT2D eigenvalue weighted by molar-refractivity contribution is 0.518. The first-order valence-electron chi connectivity index (χ1n) is 2.55. The molecule has 0 radical (unpaired) electrons. The van der Waals surface area contributed by atoms with E-state index in [4.69, 9.17) is 0 Å². The SMILES string of the molecule is Fc1c(F)c2oc1cc2F. The van der Waals surface area contributed by atoms with E-state index in [1.807, 2.05) is 0 Å². The van der Waals surface area contributed by atoms with Gasteiger partial charge in [0.05, 0.1) is 0 Å². The molecule has 0 amide bonds. The molecule has 4 heteroatoms. The molecule has 2 aromatic rings. The third-order valence-corrected chi connectivity index (χ3v) is 1.30. The molecule has 0 saturated carbocycles. The van der Waals surface area contributed by atoms with E-state index in [9.17, 15) is 13.2 Å². The fourth-order valence-corrected chi connectivity index (χ4v) is 0.834. The van der Waals surface area contributed by atoms with Crippen LogP contribution < -0.4 is 0 Å². The maximum Gasteiger partial charge on any atom is 0.208 e. The Morgan fingerprint density at radius 1 is 1.10 bits per heavy atom. The van der Waals surface area contributed by atoms with E-state index < -0.39 is 23.0 Å². The van der Waals surface area contributed by atoms with Crippen LogP contribution in [0.4, 0.5) is 13.2 Å². The number of benzene rings is 1. The van der Waals surface area contributed by atoms with Crippen molar-refractivity contribution in [2.45, 2.75) is 0 Å². The molecule has 0 spiro atoms. The number of hydrogen-bond donors (Lipinski definition) is 0. The lowest BCUT2D eigenvalue weighted by Gasteiger charge is -1.82. The summed E-state index contributed by atoms with van der Waals surface area (Å²) < 4.78 is 41.2. The van der Waals surface area contributed by atoms with Crippen LogP contribution in [0.3, 0.4) is 0 Å². The monoisotopic (exact) mass is 146 g/mol. The molecular formula is C6HF3O. The molecule has 0 aliphatic heterocycles. The molecule has 0 aliphatic rings. The number of halogens is 3. The summed E-state index contributed by atoms with van der Waals surface area (Å²) in [7, 11) is 0. The zero-order chi connectivity index (χ0) is 7.30. The van der Waals surface area contributed by atoms with Crippen LogP contribution in [-0.2, 0) is 0 Å². The summed E-state index contributed by atoms with van der Waals surface area (Å²) in [5, 5.41) is 0. The second-order valence-corrected chi connectivity index (χ2v) is 1.92. The molecule has 0 fully saturated rings. The van der Waals surface area contributed by atoms with Gasteiger partial charge in [-0.25, -0.2) is 4.39 Å². The van der Waals surface area contributed by atoms with Crippen LogP contribution >= 0.6 is 0 Å². The van der Waals surface area contributed by atoms with Gasteiger partial charge in [0.1, 0.15) is 0 Å². The number of hydrogen-bond acceptors (Lipinski definition) is 1. The third kappa shape index (κ3) is 0.442. The Hall–Kier alpha value is -1.19. The fraction of sp³-hybridized carbons (Fsp3) is 0. The lowest BCUT2D eigenvalue weighted by Crippen LogP contribution is -1.80. The first kappa shape index (κ1) is 5.58. The van der Waals surface area contributed by atoms with Crippen LogP contribution in [0.1, 0.15) is 0 Å². The quantitative estimate of drug-likeness (QED) is 0.519. The summed E-state index contributed by atoms with van der Waals surface area (Å²) in [6.45, 7) is 0. The minimum Gasteiger partial charge on any atom is -0.448 e. The van der Waals surface area contributed by atoms with Gasteiger partial charge >= 0.3 is 0 Å². The molecule has 1 nitrogen and oxygen atoms in total. The highest BCUT2D eigenvalue weighted by Gasteiger charge is 2.21. The molecule has 10 heavy (non-hydrogen) atoms. The Labute approximate surface area is 53.4 Å². The average Bonchev–Trinajstić information content (AvgIpc) is 2.36. The first-order valence-corrected chi connectivity index (χ1v) is 2.55. The number of rotatable bonds is 0. The summed E-state index contributed by atoms with van der Waals surface area (Å²) in [4.78, 5) is 0. The van der Waals surface area contributed by atoms with Gasteiger partial charge in [-0.3, -0.25) is 0 Å². The molecule has 0 aromatic carbocycles. The Morgan fingerprint density at radius 2 is 1.80 bits per heavy atom. The average molecular weight is 146 g/mol. The normalized spacial score (nSPS) is 11.5. The highest BCUT2D eigenvalue weighted by molar-refractivity contribution is 5.63. The number of furan rings is 2. The van der Waals surface area contributed by atoms with Crippen LogP contribution in [0.25, 0.3) is 11.2 Å². The third-order valence-electron chi connectivity index (χ3n) is 1.30. The van der Waals surface area contributed by atoms with E-state index in [0.717, 1.165) is 6.07 Å². The highest BCUT2D eigenvalue weighted by Crippen LogP contribution is 2.28. The smallest absolute Gasteiger partial charge is 0.208 e. The van der Waals surface area contributed by atoms with Crippen molar-refractivity contribution in [1.29, 1.82) is 0 Å². The first-order chi connectivity index (χ1) is 4.70. The van der Waals surface area contributed by atoms with E-state index in [-0.39, 0.29) is 5.58 Å². The molecular weight excluding hydrogens is 145 g/mol. The Balaban J connectivity index is 2.95. The maximum atomic E-state index is 12.3. The van der Waals surface area contributed by atoms with Gasteiger partial charge in [0, 0.05) is 6.07 Å². The molecule has 0 saturated heterocycles. The fourth-order valence-electron chi connectivity index (χ4n) is 0.834. The largest absolute Gasteiger partial charge is 0.448 e. The Kier molecular flexibility index (Phi) is 0.809. The van der Waals surface area contributed by atoms with Gasteiger partial charge in [0.25, 0.3) is 0 Å². The second-order valence-electron chi connectivity index (χ2n) is 1.92. The van der Waals surface area contributed by atoms with Gasteiger partial charge in [-0.05, 0) is 0 Å². The van der Waals surface area contributed by atoms with Crippen molar-refractivity contribution in [3.05, 3.63) is 23.5 Å². The van der Waals surface area contributed by atoms with Crippen molar-refractivity contribution in [2.75, 3.05) is 0 Å². The topological polar surface area (TPSA) is 13.1 Å². The molecule has 2 heterocycles. The molecule has 0 atom stereocenters. The van der Waals surface area contributed by atoms with Crippen molar-refractivity contribution in [2.24, 2.45) is 0 Å². The van der Waals surface area contributed by atoms with Gasteiger partial charge in [-0.2, -0.15) is 8.78 Å². The molecule has 2 aromatic heterocycles. The van der Waals surface area contributed by atoms with Crippen LogP contribution in [0.15, 0.2) is 10.5 Å². The summed E-state index contributed by atoms with van der Waals surface area (Å²) in [5.74, 6) is -3.21. The Morgan fingerprint density at radius 3 is 2.20 bits per heavy atom. The van der Waals surface area contributed by atoms with Gasteiger partial charge in [-0.15, -0.1) is 0 Å². The van der Waals surface area contributed by atoms with Crippen LogP contribution in [0.5, 0.6) is 0 Å². The van der Waals surface area contributed by atoms with Gasteiger partial charge < -0.3 is 4.42 Å². The van der Waals surface area contributed by atoms with E-state index in [0.29, 0.717) is 0 Å². The maximum absolute atomic E-state index is 12.3. The standard InChI is InChI=1S/C6HF3O/c7-2-1-3-4(8)5(9)6(2)10-3/h1H. The Bertz CT molecular complexity index is 365. The molecule has 2 rings (SSSR count). The van der Waals surface area contributed by atoms with E-state index in [1.165, 1.54) is 0 Å². The van der Waals surface area contributed by atoms with E-state index in [1.54, 1.807) is 0 Å². The predicted molar refractivity (Wildman–Crippen MR) is 27.3 cm³/mol. The lowest BCUT2D eigenvalue weighted by atomic mass is 10.3. The van der Waals surface area contributed by atoms with Crippen LogP contribution in [0.2, 0.25) is 0 Å². The zero-order valence-corrected chi connectivity index (χ0v) is 4.62. The van der Waals surface area contributed by atoms with E-state index >= 15 is 0 Å². The van der Waals surface area contributed by atoms with Crippen molar-refractivity contribution in [3.8, 4) is 0 Å². The molecule has 0 N–H and O–H groups in total. The van der Waals surface area contributed by atoms with Crippen molar-refractivity contribution < 1.29 is 17.6 Å². The summed E-state index contributed by atoms with van der Waals surface area (Å²) in [5.41, 5.74) is -1.00. The second kappa shape index (κ2) is 1.45. The van der Waals surface area contributed by atoms with Crippen molar-refractivity contribution in [3.63, 3.8) is 0 Å². The molecule has 52 valence electrons. The number of fused-ring (bicyclic) bond motifs is 2. The highest BCUT2D eigenvalue weighted by atomic mass is 19.2. The molecule has 2 bridgehead atoms. The van der Waals surface area contributed by atoms with Gasteiger partial charge in [0.15, 0.2) is 11.4 Å². The van der Waals surface area contributed by atoms with E-state index in [2.05, 4.69) is 4.42 Å².